The number of hydrogen-bond acceptors (Lipinski definition) is 2. The Hall–Kier alpha value is -1.95. The third kappa shape index (κ3) is 5.59. The third-order valence-corrected chi connectivity index (χ3v) is 8.06. The van der Waals surface area contributed by atoms with Crippen molar-refractivity contribution in [3.63, 3.8) is 0 Å². The van der Waals surface area contributed by atoms with Crippen LogP contribution in [0.4, 0.5) is 13.2 Å². The highest BCUT2D eigenvalue weighted by Gasteiger charge is 2.32. The topological polar surface area (TPSA) is 29.5 Å². The zero-order valence-electron chi connectivity index (χ0n) is 19.2. The summed E-state index contributed by atoms with van der Waals surface area (Å²) in [6, 6.07) is 9.16. The van der Waals surface area contributed by atoms with E-state index in [0.717, 1.165) is 28.4 Å². The average Bonchev–Trinajstić information content (AvgIpc) is 2.58. The highest BCUT2D eigenvalue weighted by molar-refractivity contribution is 6.89. The van der Waals surface area contributed by atoms with E-state index in [9.17, 15) is 18.3 Å². The molecule has 0 aliphatic rings. The van der Waals surface area contributed by atoms with Gasteiger partial charge in [-0.05, 0) is 23.0 Å². The molecule has 2 nitrogen and oxygen atoms in total. The van der Waals surface area contributed by atoms with Crippen LogP contribution in [-0.2, 0) is 17.0 Å². The van der Waals surface area contributed by atoms with Crippen molar-refractivity contribution in [3.8, 4) is 11.5 Å². The third-order valence-electron chi connectivity index (χ3n) is 5.29. The molecule has 2 rings (SSSR count). The van der Waals surface area contributed by atoms with Gasteiger partial charge in [0, 0.05) is 11.1 Å². The Bertz CT molecular complexity index is 852. The van der Waals surface area contributed by atoms with Crippen LogP contribution >= 0.6 is 0 Å². The molecule has 0 fully saturated rings. The van der Waals surface area contributed by atoms with Crippen LogP contribution in [0.15, 0.2) is 36.4 Å². The van der Waals surface area contributed by atoms with E-state index in [-0.39, 0.29) is 10.8 Å². The number of phenols is 1. The first kappa shape index (κ1) is 24.3. The van der Waals surface area contributed by atoms with Gasteiger partial charge in [0.2, 0.25) is 0 Å². The molecule has 30 heavy (non-hydrogen) atoms. The largest absolute Gasteiger partial charge is 0.507 e. The number of ether oxygens (including phenoxy) is 1. The molecule has 1 N–H and O–H groups in total. The standard InChI is InChI=1S/C24H33F3O2Si/c1-22(2,3)19-13-17(14-20(21(19)28)23(4,5)6)29-15-30(7,8)18-11-9-16(10-12-18)24(25,26)27/h9-14,28H,15H2,1-8H3. The summed E-state index contributed by atoms with van der Waals surface area (Å²) in [6.45, 7) is 16.4. The molecule has 0 aromatic heterocycles. The van der Waals surface area contributed by atoms with Gasteiger partial charge in [0.05, 0.1) is 11.8 Å². The van der Waals surface area contributed by atoms with E-state index in [1.807, 2.05) is 53.7 Å². The van der Waals surface area contributed by atoms with Gasteiger partial charge < -0.3 is 9.84 Å². The molecule has 0 aliphatic heterocycles. The van der Waals surface area contributed by atoms with Gasteiger partial charge in [-0.25, -0.2) is 0 Å². The zero-order chi connectivity index (χ0) is 23.1. The van der Waals surface area contributed by atoms with Crippen molar-refractivity contribution in [1.29, 1.82) is 0 Å². The fraction of sp³-hybridized carbons (Fsp3) is 0.500. The lowest BCUT2D eigenvalue weighted by molar-refractivity contribution is -0.137. The van der Waals surface area contributed by atoms with Crippen LogP contribution in [0, 0.1) is 0 Å². The first-order valence-corrected chi connectivity index (χ1v) is 13.3. The second-order valence-corrected chi connectivity index (χ2v) is 15.2. The molecule has 0 radical (unpaired) electrons. The molecule has 6 heteroatoms. The Balaban J connectivity index is 2.33. The van der Waals surface area contributed by atoms with Crippen LogP contribution in [0.1, 0.15) is 58.2 Å². The smallest absolute Gasteiger partial charge is 0.416 e. The molecule has 166 valence electrons. The van der Waals surface area contributed by atoms with E-state index in [2.05, 4.69) is 13.1 Å². The predicted octanol–water partition coefficient (Wildman–Crippen LogP) is 6.54. The molecule has 0 saturated heterocycles. The van der Waals surface area contributed by atoms with Crippen molar-refractivity contribution in [2.24, 2.45) is 0 Å². The normalized spacial score (nSPS) is 13.4. The van der Waals surface area contributed by atoms with Gasteiger partial charge in [0.25, 0.3) is 0 Å². The fourth-order valence-electron chi connectivity index (χ4n) is 3.29. The van der Waals surface area contributed by atoms with E-state index in [4.69, 9.17) is 4.74 Å². The summed E-state index contributed by atoms with van der Waals surface area (Å²) in [5.74, 6) is 0.969. The molecule has 0 saturated carbocycles. The van der Waals surface area contributed by atoms with Crippen LogP contribution in [0.25, 0.3) is 0 Å². The summed E-state index contributed by atoms with van der Waals surface area (Å²) in [5.41, 5.74) is 0.478. The number of aromatic hydroxyl groups is 1. The maximum atomic E-state index is 12.9. The van der Waals surface area contributed by atoms with E-state index >= 15 is 0 Å². The van der Waals surface area contributed by atoms with Crippen molar-refractivity contribution in [2.75, 3.05) is 6.23 Å². The van der Waals surface area contributed by atoms with Crippen LogP contribution in [0.5, 0.6) is 11.5 Å². The van der Waals surface area contributed by atoms with Gasteiger partial charge in [-0.1, -0.05) is 84.1 Å². The van der Waals surface area contributed by atoms with Gasteiger partial charge >= 0.3 is 6.18 Å². The average molecular weight is 439 g/mol. The van der Waals surface area contributed by atoms with Crippen LogP contribution in [0.3, 0.4) is 0 Å². The molecule has 0 atom stereocenters. The SMILES string of the molecule is CC(C)(C)c1cc(OC[Si](C)(C)c2ccc(C(F)(F)F)cc2)cc(C(C)(C)C)c1O. The van der Waals surface area contributed by atoms with E-state index < -0.39 is 19.8 Å². The molecule has 0 heterocycles. The quantitative estimate of drug-likeness (QED) is 0.549. The number of hydrogen-bond donors (Lipinski definition) is 1. The molecule has 0 amide bonds. The summed E-state index contributed by atoms with van der Waals surface area (Å²) in [6.07, 6.45) is -3.91. The zero-order valence-corrected chi connectivity index (χ0v) is 20.2. The monoisotopic (exact) mass is 438 g/mol. The Morgan fingerprint density at radius 3 is 1.63 bits per heavy atom. The van der Waals surface area contributed by atoms with Crippen molar-refractivity contribution < 1.29 is 23.0 Å². The first-order valence-electron chi connectivity index (χ1n) is 10.1. The van der Waals surface area contributed by atoms with Crippen molar-refractivity contribution in [1.82, 2.24) is 0 Å². The van der Waals surface area contributed by atoms with E-state index in [1.165, 1.54) is 0 Å². The second-order valence-electron chi connectivity index (χ2n) is 10.6. The Morgan fingerprint density at radius 2 is 1.27 bits per heavy atom. The Kier molecular flexibility index (Phi) is 6.44. The predicted molar refractivity (Wildman–Crippen MR) is 120 cm³/mol. The lowest BCUT2D eigenvalue weighted by Crippen LogP contribution is -2.47. The molecule has 0 aliphatic carbocycles. The van der Waals surface area contributed by atoms with Crippen LogP contribution in [-0.4, -0.2) is 19.4 Å². The molecule has 2 aromatic carbocycles. The van der Waals surface area contributed by atoms with Gasteiger partial charge in [0.1, 0.15) is 19.6 Å². The number of phenolic OH excluding ortho intramolecular Hbond substituents is 1. The van der Waals surface area contributed by atoms with Gasteiger partial charge in [-0.2, -0.15) is 13.2 Å². The van der Waals surface area contributed by atoms with Gasteiger partial charge in [0.15, 0.2) is 0 Å². The lowest BCUT2D eigenvalue weighted by Gasteiger charge is -2.29. The first-order chi connectivity index (χ1) is 13.4. The Labute approximate surface area is 179 Å². The van der Waals surface area contributed by atoms with Crippen molar-refractivity contribution in [2.45, 2.75) is 71.6 Å². The molecule has 0 bridgehead atoms. The lowest BCUT2D eigenvalue weighted by atomic mass is 9.79. The number of rotatable bonds is 4. The highest BCUT2D eigenvalue weighted by Crippen LogP contribution is 2.41. The Morgan fingerprint density at radius 1 is 0.833 bits per heavy atom. The minimum absolute atomic E-state index is 0.260. The second kappa shape index (κ2) is 7.95. The van der Waals surface area contributed by atoms with Crippen molar-refractivity contribution in [3.05, 3.63) is 53.1 Å². The van der Waals surface area contributed by atoms with Crippen LogP contribution in [0.2, 0.25) is 13.1 Å². The number of halogens is 3. The number of alkyl halides is 3. The van der Waals surface area contributed by atoms with Gasteiger partial charge in [-0.15, -0.1) is 0 Å². The summed E-state index contributed by atoms with van der Waals surface area (Å²) >= 11 is 0. The highest BCUT2D eigenvalue weighted by atomic mass is 28.3. The summed E-state index contributed by atoms with van der Waals surface area (Å²) < 4.78 is 44.7. The van der Waals surface area contributed by atoms with Gasteiger partial charge in [-0.3, -0.25) is 0 Å². The van der Waals surface area contributed by atoms with Crippen molar-refractivity contribution >= 4 is 13.3 Å². The maximum absolute atomic E-state index is 12.9. The number of benzene rings is 2. The van der Waals surface area contributed by atoms with E-state index in [0.29, 0.717) is 17.7 Å². The summed E-state index contributed by atoms with van der Waals surface area (Å²) in [4.78, 5) is 0. The molecular formula is C24H33F3O2Si. The maximum Gasteiger partial charge on any atom is 0.416 e. The van der Waals surface area contributed by atoms with Crippen LogP contribution < -0.4 is 9.92 Å². The molecule has 2 aromatic rings. The molecule has 0 unspecified atom stereocenters. The molecular weight excluding hydrogens is 405 g/mol. The van der Waals surface area contributed by atoms with E-state index in [1.54, 1.807) is 12.1 Å². The summed E-state index contributed by atoms with van der Waals surface area (Å²) in [7, 11) is -2.14. The molecule has 0 spiro atoms. The minimum atomic E-state index is -4.33. The summed E-state index contributed by atoms with van der Waals surface area (Å²) in [5, 5.41) is 11.7. The minimum Gasteiger partial charge on any atom is -0.507 e. The fourth-order valence-corrected chi connectivity index (χ4v) is 5.06.